The van der Waals surface area contributed by atoms with Gasteiger partial charge < -0.3 is 15.5 Å². The molecule has 1 saturated heterocycles. The van der Waals surface area contributed by atoms with Crippen LogP contribution in [0.5, 0.6) is 0 Å². The molecule has 2 heterocycles. The van der Waals surface area contributed by atoms with Crippen LogP contribution in [0.15, 0.2) is 48.8 Å². The number of rotatable bonds is 3. The van der Waals surface area contributed by atoms with E-state index in [2.05, 4.69) is 14.8 Å². The fourth-order valence-electron chi connectivity index (χ4n) is 2.61. The standard InChI is InChI=1S/C16H18N4O/c17-16(21)13-1-3-14(4-2-13)19-9-11-20(12-10-19)15-5-7-18-8-6-15/h1-8H,9-12H2,(H2,17,21). The molecule has 0 bridgehead atoms. The van der Waals surface area contributed by atoms with Crippen LogP contribution >= 0.6 is 0 Å². The first kappa shape index (κ1) is 13.4. The van der Waals surface area contributed by atoms with Gasteiger partial charge in [0, 0.05) is 55.5 Å². The van der Waals surface area contributed by atoms with E-state index in [1.807, 2.05) is 36.7 Å². The van der Waals surface area contributed by atoms with Gasteiger partial charge in [0.25, 0.3) is 0 Å². The minimum atomic E-state index is -0.385. The molecule has 5 heteroatoms. The van der Waals surface area contributed by atoms with Crippen LogP contribution in [0.25, 0.3) is 0 Å². The second kappa shape index (κ2) is 5.83. The first-order chi connectivity index (χ1) is 10.2. The Morgan fingerprint density at radius 2 is 1.33 bits per heavy atom. The molecule has 1 aromatic heterocycles. The summed E-state index contributed by atoms with van der Waals surface area (Å²) in [5, 5.41) is 0. The van der Waals surface area contributed by atoms with Gasteiger partial charge in [-0.2, -0.15) is 0 Å². The van der Waals surface area contributed by atoms with Crippen molar-refractivity contribution >= 4 is 17.3 Å². The van der Waals surface area contributed by atoms with Crippen molar-refractivity contribution in [2.75, 3.05) is 36.0 Å². The number of pyridine rings is 1. The third-order valence-electron chi connectivity index (χ3n) is 3.82. The highest BCUT2D eigenvalue weighted by Crippen LogP contribution is 2.20. The average Bonchev–Trinajstić information content (AvgIpc) is 2.56. The molecule has 0 radical (unpaired) electrons. The van der Waals surface area contributed by atoms with E-state index in [4.69, 9.17) is 5.73 Å². The van der Waals surface area contributed by atoms with Gasteiger partial charge in [0.15, 0.2) is 0 Å². The number of amides is 1. The lowest BCUT2D eigenvalue weighted by Gasteiger charge is -2.37. The lowest BCUT2D eigenvalue weighted by Crippen LogP contribution is -2.46. The summed E-state index contributed by atoms with van der Waals surface area (Å²) in [5.41, 5.74) is 8.16. The summed E-state index contributed by atoms with van der Waals surface area (Å²) in [6.07, 6.45) is 3.65. The number of hydrogen-bond donors (Lipinski definition) is 1. The molecule has 3 rings (SSSR count). The first-order valence-corrected chi connectivity index (χ1v) is 7.04. The Balaban J connectivity index is 1.64. The Hall–Kier alpha value is -2.56. The van der Waals surface area contributed by atoms with Gasteiger partial charge in [-0.15, -0.1) is 0 Å². The molecule has 0 atom stereocenters. The van der Waals surface area contributed by atoms with E-state index in [0.29, 0.717) is 5.56 Å². The molecule has 21 heavy (non-hydrogen) atoms. The maximum Gasteiger partial charge on any atom is 0.248 e. The third kappa shape index (κ3) is 2.97. The lowest BCUT2D eigenvalue weighted by atomic mass is 10.1. The summed E-state index contributed by atoms with van der Waals surface area (Å²) in [7, 11) is 0. The zero-order valence-corrected chi connectivity index (χ0v) is 11.8. The van der Waals surface area contributed by atoms with Crippen molar-refractivity contribution in [3.8, 4) is 0 Å². The molecule has 5 nitrogen and oxygen atoms in total. The quantitative estimate of drug-likeness (QED) is 0.927. The van der Waals surface area contributed by atoms with Gasteiger partial charge in [0.1, 0.15) is 0 Å². The highest BCUT2D eigenvalue weighted by molar-refractivity contribution is 5.93. The largest absolute Gasteiger partial charge is 0.368 e. The predicted octanol–water partition coefficient (Wildman–Crippen LogP) is 1.51. The summed E-state index contributed by atoms with van der Waals surface area (Å²) in [4.78, 5) is 19.8. The summed E-state index contributed by atoms with van der Waals surface area (Å²) >= 11 is 0. The minimum Gasteiger partial charge on any atom is -0.368 e. The molecule has 0 spiro atoms. The number of anilines is 2. The Morgan fingerprint density at radius 1 is 0.857 bits per heavy atom. The second-order valence-electron chi connectivity index (χ2n) is 5.09. The molecule has 2 aromatic rings. The van der Waals surface area contributed by atoms with Crippen molar-refractivity contribution < 1.29 is 4.79 Å². The van der Waals surface area contributed by atoms with Crippen molar-refractivity contribution in [2.45, 2.75) is 0 Å². The normalized spacial score (nSPS) is 15.0. The molecular weight excluding hydrogens is 264 g/mol. The van der Waals surface area contributed by atoms with E-state index in [9.17, 15) is 4.79 Å². The smallest absolute Gasteiger partial charge is 0.248 e. The van der Waals surface area contributed by atoms with Gasteiger partial charge in [0.05, 0.1) is 0 Å². The topological polar surface area (TPSA) is 62.5 Å². The molecule has 1 fully saturated rings. The van der Waals surface area contributed by atoms with Crippen LogP contribution in [0, 0.1) is 0 Å². The van der Waals surface area contributed by atoms with Crippen LogP contribution in [0.2, 0.25) is 0 Å². The maximum absolute atomic E-state index is 11.1. The molecule has 1 amide bonds. The number of primary amides is 1. The zero-order valence-electron chi connectivity index (χ0n) is 11.8. The summed E-state index contributed by atoms with van der Waals surface area (Å²) in [6.45, 7) is 3.86. The van der Waals surface area contributed by atoms with Gasteiger partial charge in [-0.3, -0.25) is 9.78 Å². The second-order valence-corrected chi connectivity index (χ2v) is 5.09. The number of aromatic nitrogens is 1. The molecule has 1 aliphatic rings. The number of hydrogen-bond acceptors (Lipinski definition) is 4. The number of piperazine rings is 1. The van der Waals surface area contributed by atoms with Crippen molar-refractivity contribution in [3.05, 3.63) is 54.4 Å². The Labute approximate surface area is 124 Å². The van der Waals surface area contributed by atoms with Crippen molar-refractivity contribution in [3.63, 3.8) is 0 Å². The van der Waals surface area contributed by atoms with Crippen LogP contribution in [0.1, 0.15) is 10.4 Å². The van der Waals surface area contributed by atoms with Crippen LogP contribution in [-0.4, -0.2) is 37.1 Å². The van der Waals surface area contributed by atoms with Gasteiger partial charge >= 0.3 is 0 Å². The summed E-state index contributed by atoms with van der Waals surface area (Å²) in [6, 6.07) is 11.6. The predicted molar refractivity (Wildman–Crippen MR) is 83.6 cm³/mol. The lowest BCUT2D eigenvalue weighted by molar-refractivity contribution is 0.100. The van der Waals surface area contributed by atoms with Crippen LogP contribution in [0.4, 0.5) is 11.4 Å². The average molecular weight is 282 g/mol. The Kier molecular flexibility index (Phi) is 3.73. The monoisotopic (exact) mass is 282 g/mol. The SMILES string of the molecule is NC(=O)c1ccc(N2CCN(c3ccncc3)CC2)cc1. The van der Waals surface area contributed by atoms with Crippen LogP contribution in [0.3, 0.4) is 0 Å². The Bertz CT molecular complexity index is 604. The van der Waals surface area contributed by atoms with E-state index in [1.54, 1.807) is 12.1 Å². The van der Waals surface area contributed by atoms with E-state index in [-0.39, 0.29) is 5.91 Å². The van der Waals surface area contributed by atoms with E-state index < -0.39 is 0 Å². The summed E-state index contributed by atoms with van der Waals surface area (Å²) < 4.78 is 0. The number of benzene rings is 1. The van der Waals surface area contributed by atoms with Crippen molar-refractivity contribution in [1.82, 2.24) is 4.98 Å². The molecular formula is C16H18N4O. The fraction of sp³-hybridized carbons (Fsp3) is 0.250. The molecule has 1 aromatic carbocycles. The maximum atomic E-state index is 11.1. The van der Waals surface area contributed by atoms with E-state index in [1.165, 1.54) is 5.69 Å². The van der Waals surface area contributed by atoms with E-state index in [0.717, 1.165) is 31.9 Å². The van der Waals surface area contributed by atoms with E-state index >= 15 is 0 Å². The van der Waals surface area contributed by atoms with Crippen molar-refractivity contribution in [1.29, 1.82) is 0 Å². The molecule has 108 valence electrons. The van der Waals surface area contributed by atoms with Gasteiger partial charge in [-0.25, -0.2) is 0 Å². The third-order valence-corrected chi connectivity index (χ3v) is 3.82. The molecule has 0 saturated carbocycles. The van der Waals surface area contributed by atoms with Gasteiger partial charge in [-0.1, -0.05) is 0 Å². The minimum absolute atomic E-state index is 0.385. The number of nitrogens with zero attached hydrogens (tertiary/aromatic N) is 3. The van der Waals surface area contributed by atoms with Crippen LogP contribution < -0.4 is 15.5 Å². The fourth-order valence-corrected chi connectivity index (χ4v) is 2.61. The highest BCUT2D eigenvalue weighted by atomic mass is 16.1. The number of carbonyl (C=O) groups excluding carboxylic acids is 1. The summed E-state index contributed by atoms with van der Waals surface area (Å²) in [5.74, 6) is -0.385. The van der Waals surface area contributed by atoms with Gasteiger partial charge in [0.2, 0.25) is 5.91 Å². The highest BCUT2D eigenvalue weighted by Gasteiger charge is 2.17. The van der Waals surface area contributed by atoms with Gasteiger partial charge in [-0.05, 0) is 36.4 Å². The Morgan fingerprint density at radius 3 is 1.81 bits per heavy atom. The van der Waals surface area contributed by atoms with Crippen molar-refractivity contribution in [2.24, 2.45) is 5.73 Å². The number of carbonyl (C=O) groups is 1. The first-order valence-electron chi connectivity index (χ1n) is 7.04. The molecule has 2 N–H and O–H groups in total. The molecule has 0 unspecified atom stereocenters. The zero-order chi connectivity index (χ0) is 14.7. The molecule has 1 aliphatic heterocycles. The number of nitrogens with two attached hydrogens (primary N) is 1. The van der Waals surface area contributed by atoms with Crippen LogP contribution in [-0.2, 0) is 0 Å². The molecule has 0 aliphatic carbocycles.